The summed E-state index contributed by atoms with van der Waals surface area (Å²) in [7, 11) is -2.91. The first-order valence-electron chi connectivity index (χ1n) is 9.03. The molecule has 1 aliphatic rings. The van der Waals surface area contributed by atoms with Gasteiger partial charge in [0.2, 0.25) is 5.89 Å². The zero-order valence-electron chi connectivity index (χ0n) is 16.1. The lowest BCUT2D eigenvalue weighted by molar-refractivity contribution is 0.102. The first-order valence-corrected chi connectivity index (χ1v) is 11.8. The normalized spacial score (nSPS) is 19.1. The van der Waals surface area contributed by atoms with Crippen LogP contribution in [0.25, 0.3) is 0 Å². The van der Waals surface area contributed by atoms with E-state index in [4.69, 9.17) is 4.42 Å². The predicted molar refractivity (Wildman–Crippen MR) is 104 cm³/mol. The number of thioether (sulfide) groups is 1. The summed E-state index contributed by atoms with van der Waals surface area (Å²) in [5.74, 6) is 1.14. The van der Waals surface area contributed by atoms with Crippen LogP contribution in [0.15, 0.2) is 15.7 Å². The topological polar surface area (TPSA) is 95.1 Å². The van der Waals surface area contributed by atoms with E-state index in [1.54, 1.807) is 0 Å². The molecular formula is C18H25N3O4S2. The Hall–Kier alpha value is -1.61. The number of nitrogens with zero attached hydrogens (tertiary/aromatic N) is 3. The largest absolute Gasteiger partial charge is 0.416 e. The number of rotatable bonds is 7. The highest BCUT2D eigenvalue weighted by Crippen LogP contribution is 2.26. The maximum atomic E-state index is 12.6. The van der Waals surface area contributed by atoms with E-state index in [9.17, 15) is 13.2 Å². The lowest BCUT2D eigenvalue weighted by atomic mass is 10.1. The van der Waals surface area contributed by atoms with Crippen LogP contribution >= 0.6 is 11.8 Å². The molecule has 3 heterocycles. The highest BCUT2D eigenvalue weighted by Gasteiger charge is 2.29. The van der Waals surface area contributed by atoms with Gasteiger partial charge in [0.25, 0.3) is 5.22 Å². The molecule has 1 atom stereocenters. The molecule has 0 amide bonds. The van der Waals surface area contributed by atoms with E-state index in [2.05, 4.69) is 28.6 Å². The summed E-state index contributed by atoms with van der Waals surface area (Å²) in [4.78, 5) is 12.6. The summed E-state index contributed by atoms with van der Waals surface area (Å²) >= 11 is 1.22. The highest BCUT2D eigenvalue weighted by atomic mass is 32.2. The van der Waals surface area contributed by atoms with Gasteiger partial charge in [-0.25, -0.2) is 8.42 Å². The minimum absolute atomic E-state index is 0.0293. The van der Waals surface area contributed by atoms with Crippen molar-refractivity contribution in [3.8, 4) is 0 Å². The number of sulfone groups is 1. The Morgan fingerprint density at radius 1 is 1.37 bits per heavy atom. The second-order valence-corrected chi connectivity index (χ2v) is 10.6. The number of ketones is 1. The summed E-state index contributed by atoms with van der Waals surface area (Å²) < 4.78 is 30.8. The predicted octanol–water partition coefficient (Wildman–Crippen LogP) is 3.02. The fraction of sp³-hybridized carbons (Fsp3) is 0.611. The lowest BCUT2D eigenvalue weighted by Gasteiger charge is -2.13. The molecule has 2 aromatic rings. The first kappa shape index (κ1) is 20.1. The Labute approximate surface area is 163 Å². The Kier molecular flexibility index (Phi) is 5.81. The average molecular weight is 412 g/mol. The molecule has 3 rings (SSSR count). The molecule has 0 radical (unpaired) electrons. The van der Waals surface area contributed by atoms with Gasteiger partial charge in [-0.3, -0.25) is 4.79 Å². The van der Waals surface area contributed by atoms with Crippen molar-refractivity contribution in [2.24, 2.45) is 5.92 Å². The summed E-state index contributed by atoms with van der Waals surface area (Å²) in [6.07, 6.45) is 1.10. The third-order valence-electron chi connectivity index (χ3n) is 4.87. The zero-order valence-corrected chi connectivity index (χ0v) is 17.7. The fourth-order valence-corrected chi connectivity index (χ4v) is 6.24. The minimum Gasteiger partial charge on any atom is -0.416 e. The Balaban J connectivity index is 1.59. The molecule has 0 aromatic carbocycles. The standard InChI is InChI=1S/C18H25N3O4S2/c1-11(2)21-12(3)7-15(13(21)4)16(22)9-26-18-20-19-17(25-18)8-14-5-6-27(23,24)10-14/h7,11,14H,5-6,8-10H2,1-4H3/t14-/m0/s1. The molecule has 0 saturated carbocycles. The number of aromatic nitrogens is 3. The van der Waals surface area contributed by atoms with Crippen LogP contribution in [0.5, 0.6) is 0 Å². The van der Waals surface area contributed by atoms with Gasteiger partial charge in [-0.2, -0.15) is 0 Å². The van der Waals surface area contributed by atoms with Crippen LogP contribution in [-0.2, 0) is 16.3 Å². The molecule has 1 saturated heterocycles. The molecule has 0 unspecified atom stereocenters. The van der Waals surface area contributed by atoms with Gasteiger partial charge >= 0.3 is 0 Å². The van der Waals surface area contributed by atoms with Gasteiger partial charge in [0, 0.05) is 29.4 Å². The fourth-order valence-electron chi connectivity index (χ4n) is 3.72. The van der Waals surface area contributed by atoms with E-state index in [1.165, 1.54) is 11.8 Å². The molecule has 0 bridgehead atoms. The summed E-state index contributed by atoms with van der Waals surface area (Å²) in [5, 5.41) is 8.31. The third-order valence-corrected chi connectivity index (χ3v) is 7.52. The monoisotopic (exact) mass is 411 g/mol. The van der Waals surface area contributed by atoms with Gasteiger partial charge in [0.1, 0.15) is 0 Å². The number of aryl methyl sites for hydroxylation is 1. The molecule has 27 heavy (non-hydrogen) atoms. The van der Waals surface area contributed by atoms with Gasteiger partial charge in [0.15, 0.2) is 15.6 Å². The van der Waals surface area contributed by atoms with E-state index >= 15 is 0 Å². The molecule has 9 heteroatoms. The van der Waals surface area contributed by atoms with E-state index < -0.39 is 9.84 Å². The first-order chi connectivity index (χ1) is 12.7. The van der Waals surface area contributed by atoms with Crippen LogP contribution < -0.4 is 0 Å². The molecule has 0 N–H and O–H groups in total. The maximum Gasteiger partial charge on any atom is 0.277 e. The van der Waals surface area contributed by atoms with Crippen molar-refractivity contribution in [3.05, 3.63) is 28.9 Å². The smallest absolute Gasteiger partial charge is 0.277 e. The number of hydrogen-bond acceptors (Lipinski definition) is 7. The van der Waals surface area contributed by atoms with Crippen LogP contribution in [-0.4, -0.2) is 46.2 Å². The maximum absolute atomic E-state index is 12.6. The molecule has 7 nitrogen and oxygen atoms in total. The van der Waals surface area contributed by atoms with Crippen molar-refractivity contribution < 1.29 is 17.6 Å². The molecule has 0 aliphatic carbocycles. The third kappa shape index (κ3) is 4.63. The minimum atomic E-state index is -2.91. The van der Waals surface area contributed by atoms with Crippen LogP contribution in [0.2, 0.25) is 0 Å². The quantitative estimate of drug-likeness (QED) is 0.510. The SMILES string of the molecule is Cc1cc(C(=O)CSc2nnc(C[C@@H]3CCS(=O)(=O)C3)o2)c(C)n1C(C)C. The van der Waals surface area contributed by atoms with E-state index in [0.29, 0.717) is 30.0 Å². The van der Waals surface area contributed by atoms with Gasteiger partial charge in [-0.15, -0.1) is 10.2 Å². The molecule has 2 aromatic heterocycles. The van der Waals surface area contributed by atoms with Crippen LogP contribution in [0.1, 0.15) is 53.9 Å². The molecular weight excluding hydrogens is 386 g/mol. The molecule has 0 spiro atoms. The summed E-state index contributed by atoms with van der Waals surface area (Å²) in [6, 6.07) is 2.23. The van der Waals surface area contributed by atoms with Crippen molar-refractivity contribution in [2.45, 2.75) is 51.8 Å². The van der Waals surface area contributed by atoms with Crippen LogP contribution in [0, 0.1) is 19.8 Å². The molecule has 1 fully saturated rings. The number of carbonyl (C=O) groups is 1. The van der Waals surface area contributed by atoms with Crippen LogP contribution in [0.3, 0.4) is 0 Å². The number of Topliss-reactive ketones (excluding diaryl/α,β-unsaturated/α-hetero) is 1. The van der Waals surface area contributed by atoms with Crippen molar-refractivity contribution in [1.82, 2.24) is 14.8 Å². The Morgan fingerprint density at radius 2 is 2.11 bits per heavy atom. The molecule has 148 valence electrons. The summed E-state index contributed by atoms with van der Waals surface area (Å²) in [6.45, 7) is 8.16. The summed E-state index contributed by atoms with van der Waals surface area (Å²) in [5.41, 5.74) is 2.77. The second kappa shape index (κ2) is 7.79. The Morgan fingerprint density at radius 3 is 2.70 bits per heavy atom. The van der Waals surface area contributed by atoms with Crippen molar-refractivity contribution >= 4 is 27.4 Å². The lowest BCUT2D eigenvalue weighted by Crippen LogP contribution is -2.08. The van der Waals surface area contributed by atoms with E-state index in [1.807, 2.05) is 19.9 Å². The Bertz CT molecular complexity index is 944. The van der Waals surface area contributed by atoms with E-state index in [0.717, 1.165) is 17.0 Å². The van der Waals surface area contributed by atoms with E-state index in [-0.39, 0.29) is 29.0 Å². The number of carbonyl (C=O) groups excluding carboxylic acids is 1. The van der Waals surface area contributed by atoms with Crippen LogP contribution in [0.4, 0.5) is 0 Å². The van der Waals surface area contributed by atoms with Crippen molar-refractivity contribution in [1.29, 1.82) is 0 Å². The van der Waals surface area contributed by atoms with Gasteiger partial charge in [-0.1, -0.05) is 11.8 Å². The van der Waals surface area contributed by atoms with Gasteiger partial charge < -0.3 is 8.98 Å². The number of hydrogen-bond donors (Lipinski definition) is 0. The highest BCUT2D eigenvalue weighted by molar-refractivity contribution is 7.99. The molecule has 1 aliphatic heterocycles. The average Bonchev–Trinajstić information content (AvgIpc) is 3.23. The van der Waals surface area contributed by atoms with Crippen molar-refractivity contribution in [2.75, 3.05) is 17.3 Å². The van der Waals surface area contributed by atoms with Gasteiger partial charge in [0.05, 0.1) is 17.3 Å². The zero-order chi connectivity index (χ0) is 19.8. The second-order valence-electron chi connectivity index (χ2n) is 7.40. The van der Waals surface area contributed by atoms with Crippen molar-refractivity contribution in [3.63, 3.8) is 0 Å². The van der Waals surface area contributed by atoms with Gasteiger partial charge in [-0.05, 0) is 46.1 Å².